The van der Waals surface area contributed by atoms with Crippen LogP contribution in [0.2, 0.25) is 0 Å². The summed E-state index contributed by atoms with van der Waals surface area (Å²) in [5.41, 5.74) is -1.56. The first-order chi connectivity index (χ1) is 11.6. The van der Waals surface area contributed by atoms with E-state index in [1.165, 1.54) is 25.1 Å². The van der Waals surface area contributed by atoms with Gasteiger partial charge in [0.15, 0.2) is 14.6 Å². The number of fused-ring (bicyclic) bond motifs is 2. The molecule has 2 heterocycles. The lowest BCUT2D eigenvalue weighted by Crippen LogP contribution is -2.60. The van der Waals surface area contributed by atoms with Crippen molar-refractivity contribution in [2.45, 2.75) is 35.3 Å². The Morgan fingerprint density at radius 2 is 2.20 bits per heavy atom. The van der Waals surface area contributed by atoms with Crippen LogP contribution in [0.4, 0.5) is 13.6 Å². The number of nitrogens with one attached hydrogen (secondary N) is 1. The maximum atomic E-state index is 14.4. The third-order valence-electron chi connectivity index (χ3n) is 5.05. The Hall–Kier alpha value is -1.55. The summed E-state index contributed by atoms with van der Waals surface area (Å²) in [6.45, 7) is 0.138. The minimum atomic E-state index is -4.13. The van der Waals surface area contributed by atoms with E-state index in [1.54, 1.807) is 0 Å². The molecule has 1 amide bonds. The van der Waals surface area contributed by atoms with Crippen molar-refractivity contribution in [2.75, 3.05) is 6.67 Å². The number of amidine groups is 1. The Morgan fingerprint density at radius 3 is 2.80 bits per heavy atom. The maximum absolute atomic E-state index is 14.4. The SMILES string of the molecule is C[C@]1(c2cc(Br)ccc2F)N=C(NC(=O)O)[C@@]2(CF)CC[C@@H]1S2(=O)=O. The summed E-state index contributed by atoms with van der Waals surface area (Å²) in [5, 5.41) is 9.81. The number of alkyl halides is 1. The Morgan fingerprint density at radius 1 is 1.52 bits per heavy atom. The molecule has 2 bridgehead atoms. The van der Waals surface area contributed by atoms with E-state index in [2.05, 4.69) is 20.9 Å². The number of aliphatic imine (C=N–C) groups is 1. The molecule has 2 aliphatic rings. The van der Waals surface area contributed by atoms with Crippen molar-refractivity contribution in [3.05, 3.63) is 34.1 Å². The molecule has 25 heavy (non-hydrogen) atoms. The monoisotopic (exact) mass is 436 g/mol. The first-order valence-corrected chi connectivity index (χ1v) is 9.77. The number of nitrogens with zero attached hydrogens (tertiary/aromatic N) is 1. The number of benzene rings is 1. The molecular weight excluding hydrogens is 422 g/mol. The third kappa shape index (κ3) is 2.41. The van der Waals surface area contributed by atoms with Crippen molar-refractivity contribution >= 4 is 37.7 Å². The Kier molecular flexibility index (Phi) is 4.18. The fraction of sp³-hybridized carbons (Fsp3) is 0.467. The fourth-order valence-corrected chi connectivity index (χ4v) is 6.78. The van der Waals surface area contributed by atoms with Crippen LogP contribution in [0.5, 0.6) is 0 Å². The highest BCUT2D eigenvalue weighted by molar-refractivity contribution is 9.10. The molecule has 0 aliphatic carbocycles. The molecule has 2 N–H and O–H groups in total. The molecule has 1 aromatic rings. The molecule has 0 spiro atoms. The highest BCUT2D eigenvalue weighted by Gasteiger charge is 2.66. The molecule has 0 aromatic heterocycles. The first kappa shape index (κ1) is 18.2. The molecule has 1 fully saturated rings. The number of sulfone groups is 1. The smallest absolute Gasteiger partial charge is 0.410 e. The van der Waals surface area contributed by atoms with Gasteiger partial charge in [0.2, 0.25) is 0 Å². The van der Waals surface area contributed by atoms with Crippen LogP contribution in [0.25, 0.3) is 0 Å². The lowest BCUT2D eigenvalue weighted by molar-refractivity contribution is 0.199. The van der Waals surface area contributed by atoms with Gasteiger partial charge in [0.1, 0.15) is 23.9 Å². The van der Waals surface area contributed by atoms with Gasteiger partial charge in [-0.15, -0.1) is 0 Å². The second-order valence-electron chi connectivity index (χ2n) is 6.36. The summed E-state index contributed by atoms with van der Waals surface area (Å²) >= 11 is 3.21. The quantitative estimate of drug-likeness (QED) is 0.744. The number of carboxylic acid groups (broad SMARTS) is 1. The van der Waals surface area contributed by atoms with Crippen LogP contribution in [0.1, 0.15) is 25.3 Å². The van der Waals surface area contributed by atoms with Crippen molar-refractivity contribution in [2.24, 2.45) is 4.99 Å². The number of halogens is 3. The average molecular weight is 437 g/mol. The second kappa shape index (κ2) is 5.73. The lowest BCUT2D eigenvalue weighted by atomic mass is 9.87. The van der Waals surface area contributed by atoms with Gasteiger partial charge in [0, 0.05) is 10.0 Å². The largest absolute Gasteiger partial charge is 0.465 e. The molecule has 1 aromatic carbocycles. The number of hydrogen-bond donors (Lipinski definition) is 2. The minimum Gasteiger partial charge on any atom is -0.465 e. The minimum absolute atomic E-state index is 0.00879. The predicted octanol–water partition coefficient (Wildman–Crippen LogP) is 2.77. The van der Waals surface area contributed by atoms with Crippen LogP contribution in [0.15, 0.2) is 27.7 Å². The highest BCUT2D eigenvalue weighted by atomic mass is 79.9. The summed E-state index contributed by atoms with van der Waals surface area (Å²) in [5.74, 6) is -1.16. The topological polar surface area (TPSA) is 95.8 Å². The molecule has 0 radical (unpaired) electrons. The van der Waals surface area contributed by atoms with E-state index < -0.39 is 49.8 Å². The van der Waals surface area contributed by atoms with E-state index >= 15 is 0 Å². The van der Waals surface area contributed by atoms with Crippen LogP contribution in [-0.2, 0) is 15.4 Å². The van der Waals surface area contributed by atoms with Gasteiger partial charge >= 0.3 is 6.09 Å². The Balaban J connectivity index is 2.31. The van der Waals surface area contributed by atoms with Crippen molar-refractivity contribution in [3.63, 3.8) is 0 Å². The highest BCUT2D eigenvalue weighted by Crippen LogP contribution is 2.52. The number of amides is 1. The lowest BCUT2D eigenvalue weighted by Gasteiger charge is -2.40. The van der Waals surface area contributed by atoms with Gasteiger partial charge in [0.05, 0.1) is 5.25 Å². The van der Waals surface area contributed by atoms with Crippen LogP contribution in [0.3, 0.4) is 0 Å². The summed E-state index contributed by atoms with van der Waals surface area (Å²) in [6.07, 6.45) is -1.60. The summed E-state index contributed by atoms with van der Waals surface area (Å²) in [6, 6.07) is 4.04. The Labute approximate surface area is 151 Å². The Bertz CT molecular complexity index is 892. The van der Waals surface area contributed by atoms with Crippen LogP contribution in [0, 0.1) is 5.82 Å². The second-order valence-corrected chi connectivity index (χ2v) is 9.72. The summed E-state index contributed by atoms with van der Waals surface area (Å²) in [4.78, 5) is 15.3. The van der Waals surface area contributed by atoms with E-state index in [4.69, 9.17) is 5.11 Å². The van der Waals surface area contributed by atoms with Gasteiger partial charge in [-0.05, 0) is 38.0 Å². The van der Waals surface area contributed by atoms with E-state index in [1.807, 2.05) is 5.32 Å². The molecule has 1 saturated heterocycles. The third-order valence-corrected chi connectivity index (χ3v) is 8.58. The molecule has 0 saturated carbocycles. The zero-order valence-corrected chi connectivity index (χ0v) is 15.5. The normalized spacial score (nSPS) is 33.0. The molecule has 10 heteroatoms. The van der Waals surface area contributed by atoms with Gasteiger partial charge in [-0.1, -0.05) is 15.9 Å². The van der Waals surface area contributed by atoms with Crippen LogP contribution < -0.4 is 5.32 Å². The fourth-order valence-electron chi connectivity index (χ4n) is 3.74. The molecule has 3 atom stereocenters. The average Bonchev–Trinajstić information content (AvgIpc) is 2.71. The zero-order chi connectivity index (χ0) is 18.6. The van der Waals surface area contributed by atoms with E-state index in [0.29, 0.717) is 4.47 Å². The summed E-state index contributed by atoms with van der Waals surface area (Å²) < 4.78 is 52.8. The van der Waals surface area contributed by atoms with Gasteiger partial charge in [0.25, 0.3) is 0 Å². The molecular formula is C15H15BrF2N2O4S. The van der Waals surface area contributed by atoms with Gasteiger partial charge < -0.3 is 5.11 Å². The molecule has 6 nitrogen and oxygen atoms in total. The number of hydrogen-bond acceptors (Lipinski definition) is 4. The van der Waals surface area contributed by atoms with Gasteiger partial charge in [-0.3, -0.25) is 10.3 Å². The first-order valence-electron chi connectivity index (χ1n) is 7.44. The summed E-state index contributed by atoms with van der Waals surface area (Å²) in [7, 11) is -4.13. The van der Waals surface area contributed by atoms with E-state index in [9.17, 15) is 22.0 Å². The number of carbonyl (C=O) groups is 1. The van der Waals surface area contributed by atoms with Crippen molar-refractivity contribution in [1.29, 1.82) is 0 Å². The predicted molar refractivity (Wildman–Crippen MR) is 90.7 cm³/mol. The van der Waals surface area contributed by atoms with Gasteiger partial charge in [-0.2, -0.15) is 0 Å². The molecule has 3 rings (SSSR count). The molecule has 136 valence electrons. The van der Waals surface area contributed by atoms with Crippen molar-refractivity contribution < 1.29 is 27.1 Å². The van der Waals surface area contributed by atoms with Crippen LogP contribution >= 0.6 is 15.9 Å². The number of rotatable bonds is 2. The van der Waals surface area contributed by atoms with Gasteiger partial charge in [-0.25, -0.2) is 22.0 Å². The molecule has 0 unspecified atom stereocenters. The van der Waals surface area contributed by atoms with Crippen molar-refractivity contribution in [3.8, 4) is 0 Å². The van der Waals surface area contributed by atoms with E-state index in [-0.39, 0.29) is 18.4 Å². The van der Waals surface area contributed by atoms with Crippen molar-refractivity contribution in [1.82, 2.24) is 5.32 Å². The zero-order valence-electron chi connectivity index (χ0n) is 13.1. The maximum Gasteiger partial charge on any atom is 0.410 e. The van der Waals surface area contributed by atoms with Crippen LogP contribution in [-0.4, -0.2) is 42.1 Å². The standard InChI is InChI=1S/C15H15BrF2N2O4S/c1-14(9-6-8(16)2-3-10(9)18)11-4-5-15(7-17,25(11,23)24)12(20-14)19-13(21)22/h2-3,6,11H,4-5,7H2,1H3,(H,19,20)(H,21,22)/t11-,14+,15-/m0/s1. The molecule has 2 aliphatic heterocycles. The van der Waals surface area contributed by atoms with E-state index in [0.717, 1.165) is 0 Å².